The second-order valence-electron chi connectivity index (χ2n) is 7.27. The van der Waals surface area contributed by atoms with Crippen molar-refractivity contribution in [3.63, 3.8) is 0 Å². The predicted molar refractivity (Wildman–Crippen MR) is 110 cm³/mol. The summed E-state index contributed by atoms with van der Waals surface area (Å²) in [5.74, 6) is -0.151. The first-order valence-corrected chi connectivity index (χ1v) is 9.60. The van der Waals surface area contributed by atoms with Crippen LogP contribution in [0.2, 0.25) is 5.02 Å². The molecule has 1 aromatic heterocycles. The van der Waals surface area contributed by atoms with E-state index in [1.165, 1.54) is 0 Å². The van der Waals surface area contributed by atoms with Gasteiger partial charge < -0.3 is 10.6 Å². The fourth-order valence-electron chi connectivity index (χ4n) is 3.34. The molecule has 1 fully saturated rings. The van der Waals surface area contributed by atoms with Crippen molar-refractivity contribution < 1.29 is 4.79 Å². The maximum Gasteiger partial charge on any atom is 0.273 e. The summed E-state index contributed by atoms with van der Waals surface area (Å²) in [5.41, 5.74) is 2.18. The minimum atomic E-state index is -0.151. The van der Waals surface area contributed by atoms with Crippen LogP contribution in [0, 0.1) is 5.41 Å². The van der Waals surface area contributed by atoms with E-state index >= 15 is 0 Å². The average Bonchev–Trinajstić information content (AvgIpc) is 3.05. The Morgan fingerprint density at radius 1 is 1.37 bits per heavy atom. The Kier molecular flexibility index (Phi) is 7.65. The molecule has 0 unspecified atom stereocenters. The molecule has 8 heteroatoms. The largest absolute Gasteiger partial charge is 0.350 e. The predicted octanol–water partition coefficient (Wildman–Crippen LogP) is 3.41. The third kappa shape index (κ3) is 5.21. The molecule has 3 rings (SSSR count). The molecule has 0 bridgehead atoms. The van der Waals surface area contributed by atoms with Gasteiger partial charge in [0, 0.05) is 11.6 Å². The molecule has 1 aliphatic rings. The number of piperidine rings is 1. The number of halogens is 2. The minimum Gasteiger partial charge on any atom is -0.350 e. The van der Waals surface area contributed by atoms with E-state index in [0.717, 1.165) is 50.2 Å². The number of carbonyl (C=O) groups is 1. The van der Waals surface area contributed by atoms with Crippen molar-refractivity contribution in [2.75, 3.05) is 19.6 Å². The van der Waals surface area contributed by atoms with Gasteiger partial charge in [0.25, 0.3) is 5.91 Å². The monoisotopic (exact) mass is 411 g/mol. The maximum atomic E-state index is 12.8. The first-order valence-electron chi connectivity index (χ1n) is 9.22. The molecule has 1 saturated heterocycles. The summed E-state index contributed by atoms with van der Waals surface area (Å²) in [4.78, 5) is 12.8. The Hall–Kier alpha value is -1.63. The minimum absolute atomic E-state index is 0. The summed E-state index contributed by atoms with van der Waals surface area (Å²) < 4.78 is 1.72. The Morgan fingerprint density at radius 3 is 2.78 bits per heavy atom. The summed E-state index contributed by atoms with van der Waals surface area (Å²) >= 11 is 6.10. The van der Waals surface area contributed by atoms with E-state index in [-0.39, 0.29) is 23.7 Å². The molecule has 0 radical (unpaired) electrons. The van der Waals surface area contributed by atoms with Gasteiger partial charge in [0.05, 0.1) is 11.4 Å². The van der Waals surface area contributed by atoms with Crippen LogP contribution in [0.15, 0.2) is 24.3 Å². The van der Waals surface area contributed by atoms with Crippen LogP contribution < -0.4 is 10.6 Å². The molecule has 1 aromatic carbocycles. The van der Waals surface area contributed by atoms with Crippen molar-refractivity contribution >= 4 is 29.9 Å². The summed E-state index contributed by atoms with van der Waals surface area (Å²) in [5, 5.41) is 15.5. The number of nitrogens with one attached hydrogen (secondary N) is 2. The van der Waals surface area contributed by atoms with Gasteiger partial charge in [-0.2, -0.15) is 0 Å². The van der Waals surface area contributed by atoms with Crippen LogP contribution in [-0.2, 0) is 6.42 Å². The molecule has 2 heterocycles. The van der Waals surface area contributed by atoms with E-state index < -0.39 is 0 Å². The van der Waals surface area contributed by atoms with Gasteiger partial charge >= 0.3 is 0 Å². The highest BCUT2D eigenvalue weighted by Crippen LogP contribution is 2.27. The van der Waals surface area contributed by atoms with E-state index in [9.17, 15) is 4.79 Å². The molecule has 0 saturated carbocycles. The van der Waals surface area contributed by atoms with E-state index in [1.54, 1.807) is 4.68 Å². The first kappa shape index (κ1) is 21.7. The van der Waals surface area contributed by atoms with Gasteiger partial charge in [-0.3, -0.25) is 4.79 Å². The molecule has 2 aromatic rings. The van der Waals surface area contributed by atoms with E-state index in [4.69, 9.17) is 11.6 Å². The molecular weight excluding hydrogens is 385 g/mol. The molecule has 0 aliphatic carbocycles. The Bertz CT molecular complexity index is 771. The third-order valence-electron chi connectivity index (χ3n) is 5.00. The molecule has 0 atom stereocenters. The van der Waals surface area contributed by atoms with Crippen LogP contribution in [0.25, 0.3) is 5.69 Å². The second-order valence-corrected chi connectivity index (χ2v) is 7.71. The molecule has 1 amide bonds. The SMILES string of the molecule is CCCc1c(C(=O)NCC2(C)CCNCC2)nnn1-c1cccc(Cl)c1.Cl. The van der Waals surface area contributed by atoms with Crippen molar-refractivity contribution in [3.05, 3.63) is 40.7 Å². The van der Waals surface area contributed by atoms with E-state index in [1.807, 2.05) is 24.3 Å². The van der Waals surface area contributed by atoms with Gasteiger partial charge in [-0.25, -0.2) is 4.68 Å². The van der Waals surface area contributed by atoms with Crippen LogP contribution in [0.1, 0.15) is 49.3 Å². The molecule has 148 valence electrons. The van der Waals surface area contributed by atoms with Crippen LogP contribution in [0.4, 0.5) is 0 Å². The van der Waals surface area contributed by atoms with Gasteiger partial charge in [0.2, 0.25) is 0 Å². The number of carbonyl (C=O) groups excluding carboxylic acids is 1. The number of benzene rings is 1. The van der Waals surface area contributed by atoms with Crippen molar-refractivity contribution in [2.45, 2.75) is 39.5 Å². The number of hydrogen-bond donors (Lipinski definition) is 2. The Labute approximate surface area is 171 Å². The quantitative estimate of drug-likeness (QED) is 0.763. The Balaban J connectivity index is 0.00000261. The first-order chi connectivity index (χ1) is 12.5. The molecule has 6 nitrogen and oxygen atoms in total. The van der Waals surface area contributed by atoms with Crippen molar-refractivity contribution in [1.29, 1.82) is 0 Å². The van der Waals surface area contributed by atoms with Gasteiger partial charge in [0.15, 0.2) is 5.69 Å². The van der Waals surface area contributed by atoms with Gasteiger partial charge in [-0.15, -0.1) is 17.5 Å². The van der Waals surface area contributed by atoms with Crippen LogP contribution in [0.5, 0.6) is 0 Å². The lowest BCUT2D eigenvalue weighted by atomic mass is 9.81. The van der Waals surface area contributed by atoms with Gasteiger partial charge in [0.1, 0.15) is 0 Å². The smallest absolute Gasteiger partial charge is 0.273 e. The molecular formula is C19H27Cl2N5O. The number of aromatic nitrogens is 3. The maximum absolute atomic E-state index is 12.8. The summed E-state index contributed by atoms with van der Waals surface area (Å²) in [7, 11) is 0. The van der Waals surface area contributed by atoms with Crippen molar-refractivity contribution in [2.24, 2.45) is 5.41 Å². The van der Waals surface area contributed by atoms with Gasteiger partial charge in [-0.1, -0.05) is 43.1 Å². The lowest BCUT2D eigenvalue weighted by Crippen LogP contribution is -2.43. The second kappa shape index (κ2) is 9.53. The van der Waals surface area contributed by atoms with Crippen LogP contribution in [-0.4, -0.2) is 40.5 Å². The zero-order valence-corrected chi connectivity index (χ0v) is 17.4. The number of rotatable bonds is 6. The number of hydrogen-bond acceptors (Lipinski definition) is 4. The summed E-state index contributed by atoms with van der Waals surface area (Å²) in [6.45, 7) is 6.96. The molecule has 27 heavy (non-hydrogen) atoms. The fraction of sp³-hybridized carbons (Fsp3) is 0.526. The molecule has 0 spiro atoms. The normalized spacial score (nSPS) is 15.8. The van der Waals surface area contributed by atoms with Crippen LogP contribution in [0.3, 0.4) is 0 Å². The van der Waals surface area contributed by atoms with Crippen molar-refractivity contribution in [3.8, 4) is 5.69 Å². The zero-order valence-electron chi connectivity index (χ0n) is 15.8. The van der Waals surface area contributed by atoms with Crippen LogP contribution >= 0.6 is 24.0 Å². The van der Waals surface area contributed by atoms with Gasteiger partial charge in [-0.05, 0) is 56.0 Å². The Morgan fingerprint density at radius 2 is 2.11 bits per heavy atom. The number of nitrogens with zero attached hydrogens (tertiary/aromatic N) is 3. The highest BCUT2D eigenvalue weighted by Gasteiger charge is 2.28. The standard InChI is InChI=1S/C19H26ClN5O.ClH/c1-3-5-16-17(18(26)22-13-19(2)8-10-21-11-9-19)23-24-25(16)15-7-4-6-14(20)12-15;/h4,6-7,12,21H,3,5,8-11,13H2,1-2H3,(H,22,26);1H. The van der Waals surface area contributed by atoms with E-state index in [0.29, 0.717) is 17.3 Å². The topological polar surface area (TPSA) is 71.8 Å². The number of amides is 1. The summed E-state index contributed by atoms with van der Waals surface area (Å²) in [6, 6.07) is 7.42. The lowest BCUT2D eigenvalue weighted by molar-refractivity contribution is 0.0916. The molecule has 2 N–H and O–H groups in total. The summed E-state index contributed by atoms with van der Waals surface area (Å²) in [6.07, 6.45) is 3.75. The zero-order chi connectivity index (χ0) is 18.6. The molecule has 1 aliphatic heterocycles. The third-order valence-corrected chi connectivity index (χ3v) is 5.24. The average molecular weight is 412 g/mol. The lowest BCUT2D eigenvalue weighted by Gasteiger charge is -2.34. The highest BCUT2D eigenvalue weighted by atomic mass is 35.5. The van der Waals surface area contributed by atoms with E-state index in [2.05, 4.69) is 34.8 Å². The fourth-order valence-corrected chi connectivity index (χ4v) is 3.52. The highest BCUT2D eigenvalue weighted by molar-refractivity contribution is 6.30. The van der Waals surface area contributed by atoms with Crippen molar-refractivity contribution in [1.82, 2.24) is 25.6 Å².